The number of likely N-dealkylation sites (N-methyl/N-ethyl adjacent to an activating group) is 1. The fourth-order valence-electron chi connectivity index (χ4n) is 5.02. The molecule has 0 aliphatic carbocycles. The molecule has 224 valence electrons. The molecule has 3 aromatic carbocycles. The summed E-state index contributed by atoms with van der Waals surface area (Å²) in [6, 6.07) is 21.5. The number of aryl methyl sites for hydroxylation is 2. The predicted molar refractivity (Wildman–Crippen MR) is 167 cm³/mol. The molecule has 1 unspecified atom stereocenters. The minimum atomic E-state index is -3.82. The average Bonchev–Trinajstić information content (AvgIpc) is 3.34. The number of nitrogens with two attached hydrogens (primary N) is 1. The van der Waals surface area contributed by atoms with E-state index in [4.69, 9.17) is 15.9 Å². The van der Waals surface area contributed by atoms with Crippen molar-refractivity contribution in [2.24, 2.45) is 10.9 Å². The molecule has 42 heavy (non-hydrogen) atoms. The summed E-state index contributed by atoms with van der Waals surface area (Å²) in [6.45, 7) is 8.77. The monoisotopic (exact) mass is 592 g/mol. The van der Waals surface area contributed by atoms with Crippen molar-refractivity contribution in [2.45, 2.75) is 51.2 Å². The molecule has 0 saturated carbocycles. The lowest BCUT2D eigenvalue weighted by molar-refractivity contribution is 0.174. The first-order valence-corrected chi connectivity index (χ1v) is 15.7. The number of aliphatic hydroxyl groups excluding tert-OH is 1. The van der Waals surface area contributed by atoms with Crippen LogP contribution >= 0.6 is 0 Å². The molecule has 0 aliphatic rings. The van der Waals surface area contributed by atoms with Gasteiger partial charge in [-0.3, -0.25) is 4.31 Å². The zero-order chi connectivity index (χ0) is 30.3. The number of sulfonamides is 1. The fraction of sp³-hybridized carbons (Fsp3) is 0.355. The van der Waals surface area contributed by atoms with Crippen molar-refractivity contribution in [3.05, 3.63) is 89.7 Å². The molecular weight excluding hydrogens is 552 g/mol. The second kappa shape index (κ2) is 13.8. The molecule has 1 heterocycles. The molecule has 0 saturated heterocycles. The molecule has 4 N–H and O–H groups in total. The first-order chi connectivity index (χ1) is 20.2. The first kappa shape index (κ1) is 31.0. The lowest BCUT2D eigenvalue weighted by atomic mass is 10.1. The van der Waals surface area contributed by atoms with Crippen LogP contribution in [0.5, 0.6) is 0 Å². The van der Waals surface area contributed by atoms with Crippen molar-refractivity contribution >= 4 is 32.6 Å². The molecule has 4 rings (SSSR count). The molecule has 10 nitrogen and oxygen atoms in total. The SMILES string of the molecule is CCN(CC)CCN(c1ccc2c(c1)nc(CCc1ccc(C(N)=NO)cc1)n2CC(C)O)S(=O)(=O)c1ccccc1. The van der Waals surface area contributed by atoms with Gasteiger partial charge in [-0.05, 0) is 62.3 Å². The van der Waals surface area contributed by atoms with Crippen LogP contribution in [0.1, 0.15) is 37.7 Å². The van der Waals surface area contributed by atoms with Gasteiger partial charge < -0.3 is 25.5 Å². The fourth-order valence-corrected chi connectivity index (χ4v) is 6.49. The van der Waals surface area contributed by atoms with E-state index in [1.165, 1.54) is 4.31 Å². The molecule has 0 bridgehead atoms. The molecule has 11 heteroatoms. The number of rotatable bonds is 14. The summed E-state index contributed by atoms with van der Waals surface area (Å²) in [7, 11) is -3.82. The minimum Gasteiger partial charge on any atom is -0.409 e. The Kier molecular flexibility index (Phi) is 10.2. The van der Waals surface area contributed by atoms with E-state index in [2.05, 4.69) is 23.9 Å². The largest absolute Gasteiger partial charge is 0.409 e. The summed E-state index contributed by atoms with van der Waals surface area (Å²) in [6.07, 6.45) is 0.697. The van der Waals surface area contributed by atoms with Crippen LogP contribution in [0, 0.1) is 0 Å². The van der Waals surface area contributed by atoms with Gasteiger partial charge in [0.1, 0.15) is 5.82 Å². The lowest BCUT2D eigenvalue weighted by Crippen LogP contribution is -2.38. The molecule has 4 aromatic rings. The lowest BCUT2D eigenvalue weighted by Gasteiger charge is -2.27. The zero-order valence-electron chi connectivity index (χ0n) is 24.4. The van der Waals surface area contributed by atoms with Crippen molar-refractivity contribution in [1.29, 1.82) is 0 Å². The highest BCUT2D eigenvalue weighted by atomic mass is 32.2. The number of aromatic nitrogens is 2. The highest BCUT2D eigenvalue weighted by molar-refractivity contribution is 7.92. The van der Waals surface area contributed by atoms with Crippen LogP contribution in [-0.2, 0) is 29.4 Å². The van der Waals surface area contributed by atoms with Crippen molar-refractivity contribution in [2.75, 3.05) is 30.5 Å². The van der Waals surface area contributed by atoms with Gasteiger partial charge in [0, 0.05) is 25.1 Å². The van der Waals surface area contributed by atoms with Gasteiger partial charge in [0.05, 0.1) is 34.3 Å². The molecule has 0 spiro atoms. The van der Waals surface area contributed by atoms with Crippen LogP contribution < -0.4 is 10.0 Å². The number of benzene rings is 3. The summed E-state index contributed by atoms with van der Waals surface area (Å²) in [5.74, 6) is 0.848. The number of aliphatic hydroxyl groups is 1. The van der Waals surface area contributed by atoms with Gasteiger partial charge in [-0.25, -0.2) is 13.4 Å². The van der Waals surface area contributed by atoms with Crippen LogP contribution in [0.2, 0.25) is 0 Å². The Balaban J connectivity index is 1.69. The summed E-state index contributed by atoms with van der Waals surface area (Å²) in [5, 5.41) is 22.2. The van der Waals surface area contributed by atoms with Crippen LogP contribution in [0.15, 0.2) is 82.8 Å². The number of fused-ring (bicyclic) bond motifs is 1. The third-order valence-corrected chi connectivity index (χ3v) is 9.23. The summed E-state index contributed by atoms with van der Waals surface area (Å²) < 4.78 is 31.1. The van der Waals surface area contributed by atoms with Crippen LogP contribution in [0.3, 0.4) is 0 Å². The summed E-state index contributed by atoms with van der Waals surface area (Å²) in [5.41, 5.74) is 9.41. The number of anilines is 1. The van der Waals surface area contributed by atoms with Gasteiger partial charge in [-0.15, -0.1) is 0 Å². The van der Waals surface area contributed by atoms with Gasteiger partial charge in [0.25, 0.3) is 10.0 Å². The van der Waals surface area contributed by atoms with E-state index in [1.54, 1.807) is 49.4 Å². The Morgan fingerprint density at radius 3 is 2.31 bits per heavy atom. The summed E-state index contributed by atoms with van der Waals surface area (Å²) in [4.78, 5) is 7.35. The van der Waals surface area contributed by atoms with Gasteiger partial charge in [-0.1, -0.05) is 61.5 Å². The maximum absolute atomic E-state index is 13.8. The number of imidazole rings is 1. The number of amidine groups is 1. The van der Waals surface area contributed by atoms with E-state index in [-0.39, 0.29) is 10.7 Å². The Bertz CT molecular complexity index is 1600. The smallest absolute Gasteiger partial charge is 0.264 e. The van der Waals surface area contributed by atoms with Crippen LogP contribution in [0.25, 0.3) is 11.0 Å². The second-order valence-electron chi connectivity index (χ2n) is 10.3. The van der Waals surface area contributed by atoms with E-state index in [0.29, 0.717) is 49.2 Å². The third-order valence-electron chi connectivity index (χ3n) is 7.39. The summed E-state index contributed by atoms with van der Waals surface area (Å²) >= 11 is 0. The van der Waals surface area contributed by atoms with E-state index in [9.17, 15) is 13.5 Å². The van der Waals surface area contributed by atoms with Crippen molar-refractivity contribution in [1.82, 2.24) is 14.5 Å². The van der Waals surface area contributed by atoms with Gasteiger partial charge in [0.15, 0.2) is 5.84 Å². The number of hydrogen-bond acceptors (Lipinski definition) is 7. The normalized spacial score (nSPS) is 13.1. The maximum Gasteiger partial charge on any atom is 0.264 e. The quantitative estimate of drug-likeness (QED) is 0.0876. The topological polar surface area (TPSA) is 137 Å². The number of oxime groups is 1. The van der Waals surface area contributed by atoms with E-state index >= 15 is 0 Å². The van der Waals surface area contributed by atoms with E-state index < -0.39 is 16.1 Å². The Morgan fingerprint density at radius 2 is 1.69 bits per heavy atom. The molecule has 0 radical (unpaired) electrons. The van der Waals surface area contributed by atoms with Gasteiger partial charge in [-0.2, -0.15) is 0 Å². The third kappa shape index (κ3) is 7.10. The van der Waals surface area contributed by atoms with Crippen molar-refractivity contribution in [3.63, 3.8) is 0 Å². The van der Waals surface area contributed by atoms with Crippen LogP contribution in [-0.4, -0.2) is 71.3 Å². The van der Waals surface area contributed by atoms with Crippen molar-refractivity contribution < 1.29 is 18.7 Å². The first-order valence-electron chi connectivity index (χ1n) is 14.2. The maximum atomic E-state index is 13.8. The van der Waals surface area contributed by atoms with E-state index in [1.807, 2.05) is 34.9 Å². The Morgan fingerprint density at radius 1 is 1.00 bits per heavy atom. The number of hydrogen-bond donors (Lipinski definition) is 3. The second-order valence-corrected chi connectivity index (χ2v) is 12.1. The zero-order valence-corrected chi connectivity index (χ0v) is 25.2. The van der Waals surface area contributed by atoms with Gasteiger partial charge in [0.2, 0.25) is 0 Å². The molecule has 0 fully saturated rings. The Labute approximate surface area is 247 Å². The standard InChI is InChI=1S/C31H40N6O4S/c1-4-35(5-2)19-20-37(42(40,41)27-9-7-6-8-10-27)26-16-17-29-28(21-26)33-30(36(29)22-23(3)38)18-13-24-11-14-25(15-12-24)31(32)34-39/h6-12,14-17,21,23,38-39H,4-5,13,18-20,22H2,1-3H3,(H2,32,34). The predicted octanol–water partition coefficient (Wildman–Crippen LogP) is 3.83. The number of nitrogens with zero attached hydrogens (tertiary/aromatic N) is 5. The van der Waals surface area contributed by atoms with E-state index in [0.717, 1.165) is 30.0 Å². The molecule has 1 aromatic heterocycles. The Hall–Kier alpha value is -3.93. The molecule has 1 atom stereocenters. The molecule has 0 amide bonds. The average molecular weight is 593 g/mol. The van der Waals surface area contributed by atoms with Crippen molar-refractivity contribution in [3.8, 4) is 0 Å². The highest BCUT2D eigenvalue weighted by Gasteiger charge is 2.26. The van der Waals surface area contributed by atoms with Gasteiger partial charge >= 0.3 is 0 Å². The van der Waals surface area contributed by atoms with Crippen LogP contribution in [0.4, 0.5) is 5.69 Å². The molecular formula is C31H40N6O4S. The highest BCUT2D eigenvalue weighted by Crippen LogP contribution is 2.28. The molecule has 0 aliphatic heterocycles. The minimum absolute atomic E-state index is 0.0523.